The maximum atomic E-state index is 11.9. The van der Waals surface area contributed by atoms with Crippen LogP contribution in [0.1, 0.15) is 29.3 Å². The second-order valence-electron chi connectivity index (χ2n) is 4.53. The first-order valence-electron chi connectivity index (χ1n) is 6.42. The fraction of sp³-hybridized carbons (Fsp3) is 0.143. The molecule has 112 valence electrons. The van der Waals surface area contributed by atoms with E-state index in [1.54, 1.807) is 42.1 Å². The lowest BCUT2D eigenvalue weighted by molar-refractivity contribution is 0.0933. The summed E-state index contributed by atoms with van der Waals surface area (Å²) in [4.78, 5) is 20.2. The van der Waals surface area contributed by atoms with Crippen molar-refractivity contribution in [2.24, 2.45) is 0 Å². The molecule has 22 heavy (non-hydrogen) atoms. The summed E-state index contributed by atoms with van der Waals surface area (Å²) in [5.41, 5.74) is 2.74. The van der Waals surface area contributed by atoms with Crippen LogP contribution in [0.5, 0.6) is 0 Å². The molecule has 1 amide bonds. The number of nitrogens with zero attached hydrogens (tertiary/aromatic N) is 3. The molecule has 8 heteroatoms. The van der Waals surface area contributed by atoms with E-state index in [0.717, 1.165) is 5.56 Å². The van der Waals surface area contributed by atoms with E-state index in [1.807, 2.05) is 0 Å². The van der Waals surface area contributed by atoms with Crippen LogP contribution >= 0.6 is 22.9 Å². The topological polar surface area (TPSA) is 80.9 Å². The summed E-state index contributed by atoms with van der Waals surface area (Å²) >= 11 is 7.20. The molecule has 0 aliphatic rings. The Hall–Kier alpha value is -2.25. The van der Waals surface area contributed by atoms with Gasteiger partial charge in [0.25, 0.3) is 11.8 Å². The lowest BCUT2D eigenvalue weighted by Gasteiger charge is -2.07. The molecule has 6 nitrogen and oxygen atoms in total. The van der Waals surface area contributed by atoms with Crippen LogP contribution < -0.4 is 5.32 Å². The minimum absolute atomic E-state index is 0.272. The average molecular weight is 335 g/mol. The smallest absolute Gasteiger partial charge is 0.271 e. The molecule has 3 rings (SSSR count). The van der Waals surface area contributed by atoms with E-state index in [1.165, 1.54) is 11.3 Å². The largest absolute Gasteiger partial charge is 0.341 e. The predicted molar refractivity (Wildman–Crippen MR) is 82.7 cm³/mol. The van der Waals surface area contributed by atoms with Crippen LogP contribution in [0.3, 0.4) is 0 Å². The van der Waals surface area contributed by atoms with Crippen LogP contribution in [-0.2, 0) is 0 Å². The number of rotatable bonds is 4. The molecule has 1 unspecified atom stereocenters. The van der Waals surface area contributed by atoms with E-state index < -0.39 is 0 Å². The van der Waals surface area contributed by atoms with Gasteiger partial charge in [0.1, 0.15) is 5.69 Å². The first kappa shape index (κ1) is 14.7. The number of hydrogen-bond acceptors (Lipinski definition) is 6. The van der Waals surface area contributed by atoms with Gasteiger partial charge in [-0.15, -0.1) is 11.3 Å². The number of aromatic nitrogens is 3. The minimum atomic E-state index is -0.390. The van der Waals surface area contributed by atoms with E-state index in [9.17, 15) is 4.79 Å². The zero-order valence-electron chi connectivity index (χ0n) is 11.5. The van der Waals surface area contributed by atoms with Gasteiger partial charge >= 0.3 is 0 Å². The Bertz CT molecular complexity index is 771. The quantitative estimate of drug-likeness (QED) is 0.791. The van der Waals surface area contributed by atoms with Crippen molar-refractivity contribution in [1.29, 1.82) is 0 Å². The molecule has 3 aromatic rings. The Balaban J connectivity index is 1.73. The zero-order chi connectivity index (χ0) is 15.5. The maximum absolute atomic E-state index is 11.9. The van der Waals surface area contributed by atoms with Gasteiger partial charge in [-0.1, -0.05) is 16.8 Å². The zero-order valence-corrected chi connectivity index (χ0v) is 13.1. The number of halogens is 1. The molecule has 2 aromatic heterocycles. The van der Waals surface area contributed by atoms with E-state index in [4.69, 9.17) is 16.1 Å². The number of carbonyl (C=O) groups excluding carboxylic acids is 1. The number of amides is 1. The molecule has 0 saturated heterocycles. The first-order chi connectivity index (χ1) is 10.6. The molecule has 1 aromatic carbocycles. The lowest BCUT2D eigenvalue weighted by atomic mass is 10.2. The summed E-state index contributed by atoms with van der Waals surface area (Å²) in [5.74, 6) is 0.501. The number of hydrogen-bond donors (Lipinski definition) is 1. The number of thiazole rings is 1. The molecule has 1 N–H and O–H groups in total. The van der Waals surface area contributed by atoms with E-state index in [2.05, 4.69) is 20.4 Å². The molecular formula is C14H11ClN4O2S. The predicted octanol–water partition coefficient (Wildman–Crippen LogP) is 3.34. The lowest BCUT2D eigenvalue weighted by Crippen LogP contribution is -2.27. The Kier molecular flexibility index (Phi) is 4.17. The van der Waals surface area contributed by atoms with Gasteiger partial charge in [-0.05, 0) is 31.2 Å². The van der Waals surface area contributed by atoms with Crippen molar-refractivity contribution in [2.75, 3.05) is 0 Å². The average Bonchev–Trinajstić information content (AvgIpc) is 3.20. The van der Waals surface area contributed by atoms with Gasteiger partial charge in [0, 0.05) is 16.0 Å². The van der Waals surface area contributed by atoms with Gasteiger partial charge in [0.2, 0.25) is 0 Å². The number of benzene rings is 1. The molecule has 0 spiro atoms. The molecule has 0 bridgehead atoms. The molecule has 0 aliphatic heterocycles. The van der Waals surface area contributed by atoms with Gasteiger partial charge in [0.15, 0.2) is 5.82 Å². The number of carbonyl (C=O) groups is 1. The molecule has 0 radical (unpaired) electrons. The normalized spacial score (nSPS) is 12.1. The van der Waals surface area contributed by atoms with Crippen molar-refractivity contribution in [2.45, 2.75) is 13.0 Å². The molecule has 2 heterocycles. The summed E-state index contributed by atoms with van der Waals surface area (Å²) in [6.07, 6.45) is 0. The molecule has 1 atom stereocenters. The van der Waals surface area contributed by atoms with Gasteiger partial charge in [-0.2, -0.15) is 4.98 Å². The monoisotopic (exact) mass is 334 g/mol. The summed E-state index contributed by atoms with van der Waals surface area (Å²) < 4.78 is 5.21. The Labute approximate surface area is 135 Å². The SMILES string of the molecule is CC(NC(=O)c1cscn1)c1noc(-c2ccc(Cl)cc2)n1. The van der Waals surface area contributed by atoms with Crippen molar-refractivity contribution in [3.8, 4) is 11.5 Å². The highest BCUT2D eigenvalue weighted by Crippen LogP contribution is 2.21. The van der Waals surface area contributed by atoms with Crippen LogP contribution in [0.4, 0.5) is 0 Å². The Morgan fingerprint density at radius 2 is 2.14 bits per heavy atom. The number of nitrogens with one attached hydrogen (secondary N) is 1. The van der Waals surface area contributed by atoms with E-state index in [0.29, 0.717) is 22.4 Å². The Morgan fingerprint density at radius 1 is 1.36 bits per heavy atom. The third-order valence-electron chi connectivity index (χ3n) is 2.93. The third-order valence-corrected chi connectivity index (χ3v) is 3.77. The van der Waals surface area contributed by atoms with Crippen molar-refractivity contribution >= 4 is 28.8 Å². The van der Waals surface area contributed by atoms with Crippen LogP contribution in [0.25, 0.3) is 11.5 Å². The van der Waals surface area contributed by atoms with Crippen molar-refractivity contribution in [1.82, 2.24) is 20.4 Å². The Morgan fingerprint density at radius 3 is 2.82 bits per heavy atom. The molecular weight excluding hydrogens is 324 g/mol. The van der Waals surface area contributed by atoms with E-state index >= 15 is 0 Å². The van der Waals surface area contributed by atoms with Crippen LogP contribution in [0.2, 0.25) is 5.02 Å². The van der Waals surface area contributed by atoms with Gasteiger partial charge in [0.05, 0.1) is 11.6 Å². The van der Waals surface area contributed by atoms with Crippen LogP contribution in [0.15, 0.2) is 39.7 Å². The van der Waals surface area contributed by atoms with Crippen molar-refractivity contribution in [3.05, 3.63) is 51.7 Å². The summed E-state index contributed by atoms with van der Waals surface area (Å²) in [5, 5.41) is 8.98. The second kappa shape index (κ2) is 6.25. The molecule has 0 saturated carbocycles. The fourth-order valence-corrected chi connectivity index (χ4v) is 2.44. The van der Waals surface area contributed by atoms with Gasteiger partial charge in [-0.25, -0.2) is 4.98 Å². The maximum Gasteiger partial charge on any atom is 0.271 e. The first-order valence-corrected chi connectivity index (χ1v) is 7.74. The molecule has 0 fully saturated rings. The van der Waals surface area contributed by atoms with E-state index in [-0.39, 0.29) is 11.9 Å². The highest BCUT2D eigenvalue weighted by Gasteiger charge is 2.18. The van der Waals surface area contributed by atoms with Crippen LogP contribution in [-0.4, -0.2) is 21.0 Å². The highest BCUT2D eigenvalue weighted by atomic mass is 35.5. The third kappa shape index (κ3) is 3.15. The van der Waals surface area contributed by atoms with Crippen LogP contribution in [0, 0.1) is 0 Å². The standard InChI is InChI=1S/C14H11ClN4O2S/c1-8(17-13(20)11-6-22-7-16-11)12-18-14(21-19-12)9-2-4-10(15)5-3-9/h2-8H,1H3,(H,17,20). The summed E-state index contributed by atoms with van der Waals surface area (Å²) in [7, 11) is 0. The van der Waals surface area contributed by atoms with Gasteiger partial charge in [-0.3, -0.25) is 4.79 Å². The summed E-state index contributed by atoms with van der Waals surface area (Å²) in [6, 6.07) is 6.68. The minimum Gasteiger partial charge on any atom is -0.341 e. The molecule has 0 aliphatic carbocycles. The van der Waals surface area contributed by atoms with Gasteiger partial charge < -0.3 is 9.84 Å². The second-order valence-corrected chi connectivity index (χ2v) is 5.69. The summed E-state index contributed by atoms with van der Waals surface area (Å²) in [6.45, 7) is 1.78. The fourth-order valence-electron chi connectivity index (χ4n) is 1.78. The van der Waals surface area contributed by atoms with Crippen molar-refractivity contribution in [3.63, 3.8) is 0 Å². The highest BCUT2D eigenvalue weighted by molar-refractivity contribution is 7.07. The van der Waals surface area contributed by atoms with Crippen molar-refractivity contribution < 1.29 is 9.32 Å².